The Bertz CT molecular complexity index is 1270. The molecule has 0 spiro atoms. The first-order chi connectivity index (χ1) is 14.7. The van der Waals surface area contributed by atoms with E-state index in [1.54, 1.807) is 36.7 Å². The number of carbonyl (C=O) groups excluding carboxylic acids is 1. The Labute approximate surface area is 194 Å². The van der Waals surface area contributed by atoms with Crippen molar-refractivity contribution in [3.05, 3.63) is 75.5 Å². The van der Waals surface area contributed by atoms with E-state index in [4.69, 9.17) is 34.8 Å². The monoisotopic (exact) mass is 495 g/mol. The molecule has 0 aliphatic carbocycles. The van der Waals surface area contributed by atoms with Gasteiger partial charge in [0.1, 0.15) is 0 Å². The van der Waals surface area contributed by atoms with Gasteiger partial charge in [-0.15, -0.1) is 0 Å². The zero-order valence-electron chi connectivity index (χ0n) is 16.0. The molecule has 0 radical (unpaired) electrons. The van der Waals surface area contributed by atoms with Crippen molar-refractivity contribution in [1.82, 2.24) is 4.98 Å². The van der Waals surface area contributed by atoms with Crippen molar-refractivity contribution in [1.29, 1.82) is 0 Å². The highest BCUT2D eigenvalue weighted by molar-refractivity contribution is 7.93. The zero-order valence-corrected chi connectivity index (χ0v) is 19.1. The quantitative estimate of drug-likeness (QED) is 0.517. The van der Waals surface area contributed by atoms with Gasteiger partial charge >= 0.3 is 0 Å². The van der Waals surface area contributed by atoms with Crippen LogP contribution in [0.1, 0.15) is 16.8 Å². The summed E-state index contributed by atoms with van der Waals surface area (Å²) in [4.78, 5) is 17.1. The van der Waals surface area contributed by atoms with Crippen LogP contribution in [0.15, 0.2) is 54.9 Å². The summed E-state index contributed by atoms with van der Waals surface area (Å²) in [5, 5.41) is 3.32. The molecule has 4 rings (SSSR count). The van der Waals surface area contributed by atoms with Gasteiger partial charge in [-0.2, -0.15) is 0 Å². The van der Waals surface area contributed by atoms with Crippen molar-refractivity contribution in [3.8, 4) is 11.1 Å². The Morgan fingerprint density at radius 2 is 1.87 bits per heavy atom. The van der Waals surface area contributed by atoms with Crippen molar-refractivity contribution in [2.75, 3.05) is 21.9 Å². The lowest BCUT2D eigenvalue weighted by Crippen LogP contribution is -2.25. The van der Waals surface area contributed by atoms with Crippen molar-refractivity contribution >= 4 is 62.1 Å². The van der Waals surface area contributed by atoms with Gasteiger partial charge in [0.2, 0.25) is 10.0 Å². The molecule has 1 aliphatic heterocycles. The molecule has 2 heterocycles. The third-order valence-electron chi connectivity index (χ3n) is 4.80. The number of benzene rings is 2. The summed E-state index contributed by atoms with van der Waals surface area (Å²) in [5.74, 6) is -0.487. The summed E-state index contributed by atoms with van der Waals surface area (Å²) >= 11 is 18.7. The smallest absolute Gasteiger partial charge is 0.257 e. The molecule has 6 nitrogen and oxygen atoms in total. The Kier molecular flexibility index (Phi) is 6.12. The lowest BCUT2D eigenvalue weighted by atomic mass is 10.1. The maximum Gasteiger partial charge on any atom is 0.257 e. The molecule has 1 saturated heterocycles. The van der Waals surface area contributed by atoms with Gasteiger partial charge in [-0.3, -0.25) is 14.1 Å². The number of halogens is 3. The summed E-state index contributed by atoms with van der Waals surface area (Å²) in [6.45, 7) is 0.324. The fraction of sp³-hybridized carbons (Fsp3) is 0.143. The van der Waals surface area contributed by atoms with Crippen LogP contribution in [0.4, 0.5) is 11.4 Å². The Balaban J connectivity index is 1.67. The number of amides is 1. The topological polar surface area (TPSA) is 79.4 Å². The van der Waals surface area contributed by atoms with Gasteiger partial charge in [-0.25, -0.2) is 8.42 Å². The second-order valence-electron chi connectivity index (χ2n) is 6.96. The number of carbonyl (C=O) groups is 1. The van der Waals surface area contributed by atoms with Crippen LogP contribution in [0.5, 0.6) is 0 Å². The molecule has 0 unspecified atom stereocenters. The van der Waals surface area contributed by atoms with Crippen molar-refractivity contribution in [2.24, 2.45) is 0 Å². The summed E-state index contributed by atoms with van der Waals surface area (Å²) in [5.41, 5.74) is 2.43. The number of rotatable bonds is 4. The van der Waals surface area contributed by atoms with E-state index in [0.717, 1.165) is 11.1 Å². The Morgan fingerprint density at radius 3 is 2.55 bits per heavy atom. The molecule has 31 heavy (non-hydrogen) atoms. The number of sulfonamides is 1. The SMILES string of the molecule is O=C(Nc1cc(Cl)cc(-c2cccnc2)c1)c1cc(N2CCCS2(=O)=O)cc(Cl)c1Cl. The summed E-state index contributed by atoms with van der Waals surface area (Å²) in [6, 6.07) is 11.7. The standard InChI is InChI=1S/C21H16Cl3N3O3S/c22-15-7-14(13-3-1-4-25-12-13)8-16(9-15)26-21(28)18-10-17(11-19(23)20(18)24)27-5-2-6-31(27,29)30/h1,3-4,7-12H,2,5-6H2,(H,26,28). The first-order valence-corrected chi connectivity index (χ1v) is 12.0. The highest BCUT2D eigenvalue weighted by Gasteiger charge is 2.30. The molecular weight excluding hydrogens is 481 g/mol. The molecule has 2 aromatic carbocycles. The summed E-state index contributed by atoms with van der Waals surface area (Å²) < 4.78 is 25.8. The summed E-state index contributed by atoms with van der Waals surface area (Å²) in [7, 11) is -3.44. The van der Waals surface area contributed by atoms with Crippen molar-refractivity contribution in [3.63, 3.8) is 0 Å². The fourth-order valence-corrected chi connectivity index (χ4v) is 5.57. The predicted octanol–water partition coefficient (Wildman–Crippen LogP) is 5.50. The average molecular weight is 497 g/mol. The molecular formula is C21H16Cl3N3O3S. The Hall–Kier alpha value is -2.32. The van der Waals surface area contributed by atoms with Crippen LogP contribution in [-0.2, 0) is 10.0 Å². The van der Waals surface area contributed by atoms with Gasteiger partial charge < -0.3 is 5.32 Å². The number of nitrogens with one attached hydrogen (secondary N) is 1. The van der Waals surface area contributed by atoms with E-state index < -0.39 is 15.9 Å². The van der Waals surface area contributed by atoms with Crippen LogP contribution >= 0.6 is 34.8 Å². The van der Waals surface area contributed by atoms with Gasteiger partial charge in [0.25, 0.3) is 5.91 Å². The average Bonchev–Trinajstić information content (AvgIpc) is 3.09. The highest BCUT2D eigenvalue weighted by Crippen LogP contribution is 2.35. The minimum atomic E-state index is -3.44. The van der Waals surface area contributed by atoms with Crippen LogP contribution in [-0.4, -0.2) is 31.6 Å². The first-order valence-electron chi connectivity index (χ1n) is 9.26. The number of hydrogen-bond donors (Lipinski definition) is 1. The molecule has 0 bridgehead atoms. The van der Waals surface area contributed by atoms with Gasteiger partial charge in [0.15, 0.2) is 0 Å². The van der Waals surface area contributed by atoms with Crippen LogP contribution in [0, 0.1) is 0 Å². The predicted molar refractivity (Wildman–Crippen MR) is 125 cm³/mol. The van der Waals surface area contributed by atoms with Crippen LogP contribution < -0.4 is 9.62 Å². The third kappa shape index (κ3) is 4.65. The number of nitrogens with zero attached hydrogens (tertiary/aromatic N) is 2. The van der Waals surface area contributed by atoms with E-state index in [-0.39, 0.29) is 21.4 Å². The van der Waals surface area contributed by atoms with Gasteiger partial charge in [0.05, 0.1) is 27.0 Å². The third-order valence-corrected chi connectivity index (χ3v) is 7.69. The maximum absolute atomic E-state index is 13.0. The number of anilines is 2. The van der Waals surface area contributed by atoms with Gasteiger partial charge in [-0.1, -0.05) is 40.9 Å². The van der Waals surface area contributed by atoms with Crippen LogP contribution in [0.25, 0.3) is 11.1 Å². The molecule has 1 amide bonds. The van der Waals surface area contributed by atoms with E-state index in [1.807, 2.05) is 6.07 Å². The van der Waals surface area contributed by atoms with E-state index in [1.165, 1.54) is 16.4 Å². The second-order valence-corrected chi connectivity index (χ2v) is 10.2. The van der Waals surface area contributed by atoms with Gasteiger partial charge in [0, 0.05) is 35.2 Å². The van der Waals surface area contributed by atoms with E-state index in [9.17, 15) is 13.2 Å². The van der Waals surface area contributed by atoms with Crippen molar-refractivity contribution < 1.29 is 13.2 Å². The highest BCUT2D eigenvalue weighted by atomic mass is 35.5. The molecule has 0 saturated carbocycles. The first kappa shape index (κ1) is 21.9. The maximum atomic E-state index is 13.0. The number of hydrogen-bond acceptors (Lipinski definition) is 4. The number of aromatic nitrogens is 1. The molecule has 0 atom stereocenters. The van der Waals surface area contributed by atoms with Crippen molar-refractivity contribution in [2.45, 2.75) is 6.42 Å². The molecule has 1 aliphatic rings. The van der Waals surface area contributed by atoms with E-state index >= 15 is 0 Å². The molecule has 160 valence electrons. The van der Waals surface area contributed by atoms with Crippen LogP contribution in [0.2, 0.25) is 15.1 Å². The van der Waals surface area contributed by atoms with E-state index in [0.29, 0.717) is 29.4 Å². The molecule has 3 aromatic rings. The van der Waals surface area contributed by atoms with E-state index in [2.05, 4.69) is 10.3 Å². The number of pyridine rings is 1. The minimum Gasteiger partial charge on any atom is -0.322 e. The largest absolute Gasteiger partial charge is 0.322 e. The molecule has 1 fully saturated rings. The molecule has 1 aromatic heterocycles. The summed E-state index contributed by atoms with van der Waals surface area (Å²) in [6.07, 6.45) is 3.85. The lowest BCUT2D eigenvalue weighted by molar-refractivity contribution is 0.102. The Morgan fingerprint density at radius 1 is 1.06 bits per heavy atom. The molecule has 1 N–H and O–H groups in total. The second kappa shape index (κ2) is 8.67. The van der Waals surface area contributed by atoms with Gasteiger partial charge in [-0.05, 0) is 48.4 Å². The van der Waals surface area contributed by atoms with Crippen LogP contribution in [0.3, 0.4) is 0 Å². The normalized spacial score (nSPS) is 15.1. The zero-order chi connectivity index (χ0) is 22.2. The molecule has 10 heteroatoms. The lowest BCUT2D eigenvalue weighted by Gasteiger charge is -2.19. The minimum absolute atomic E-state index is 0.0361. The fourth-order valence-electron chi connectivity index (χ4n) is 3.37.